The van der Waals surface area contributed by atoms with E-state index in [9.17, 15) is 4.79 Å². The van der Waals surface area contributed by atoms with Crippen LogP contribution < -0.4 is 0 Å². The normalized spacial score (nSPS) is 10.8. The summed E-state index contributed by atoms with van der Waals surface area (Å²) in [6.45, 7) is 5.86. The SMILES string of the molecule is CCCN(CCC)C(=O)c1ccc2cc[nH]c2c1. The summed E-state index contributed by atoms with van der Waals surface area (Å²) in [7, 11) is 0. The van der Waals surface area contributed by atoms with Gasteiger partial charge in [-0.15, -0.1) is 0 Å². The number of carbonyl (C=O) groups excluding carboxylic acids is 1. The van der Waals surface area contributed by atoms with Crippen LogP contribution in [0.1, 0.15) is 37.0 Å². The van der Waals surface area contributed by atoms with Gasteiger partial charge in [-0.3, -0.25) is 4.79 Å². The maximum absolute atomic E-state index is 12.4. The predicted octanol–water partition coefficient (Wildman–Crippen LogP) is 3.43. The number of H-pyrrole nitrogens is 1. The maximum Gasteiger partial charge on any atom is 0.253 e. The van der Waals surface area contributed by atoms with Crippen molar-refractivity contribution in [3.05, 3.63) is 36.0 Å². The Morgan fingerprint density at radius 1 is 1.17 bits per heavy atom. The van der Waals surface area contributed by atoms with E-state index in [0.29, 0.717) is 0 Å². The van der Waals surface area contributed by atoms with Gasteiger partial charge in [-0.05, 0) is 36.4 Å². The molecule has 0 bridgehead atoms. The Kier molecular flexibility index (Phi) is 4.03. The Balaban J connectivity index is 2.24. The molecule has 2 rings (SSSR count). The third kappa shape index (κ3) is 2.55. The second-order valence-corrected chi connectivity index (χ2v) is 4.57. The summed E-state index contributed by atoms with van der Waals surface area (Å²) in [5.41, 5.74) is 1.79. The molecular formula is C15H20N2O. The van der Waals surface area contributed by atoms with E-state index in [-0.39, 0.29) is 5.91 Å². The molecule has 2 aromatic rings. The number of carbonyl (C=O) groups is 1. The van der Waals surface area contributed by atoms with E-state index < -0.39 is 0 Å². The number of nitrogens with zero attached hydrogens (tertiary/aromatic N) is 1. The van der Waals surface area contributed by atoms with Gasteiger partial charge in [-0.25, -0.2) is 0 Å². The van der Waals surface area contributed by atoms with E-state index in [1.807, 2.05) is 35.4 Å². The van der Waals surface area contributed by atoms with Crippen molar-refractivity contribution in [3.8, 4) is 0 Å². The Morgan fingerprint density at radius 3 is 2.56 bits per heavy atom. The number of amides is 1. The zero-order valence-electron chi connectivity index (χ0n) is 11.1. The quantitative estimate of drug-likeness (QED) is 0.859. The fraction of sp³-hybridized carbons (Fsp3) is 0.400. The fourth-order valence-electron chi connectivity index (χ4n) is 2.22. The highest BCUT2D eigenvalue weighted by Gasteiger charge is 2.14. The van der Waals surface area contributed by atoms with E-state index in [2.05, 4.69) is 18.8 Å². The third-order valence-corrected chi connectivity index (χ3v) is 3.08. The topological polar surface area (TPSA) is 36.1 Å². The Morgan fingerprint density at radius 2 is 1.89 bits per heavy atom. The lowest BCUT2D eigenvalue weighted by molar-refractivity contribution is 0.0755. The van der Waals surface area contributed by atoms with Crippen molar-refractivity contribution in [3.63, 3.8) is 0 Å². The highest BCUT2D eigenvalue weighted by atomic mass is 16.2. The van der Waals surface area contributed by atoms with E-state index in [1.165, 1.54) is 0 Å². The number of aromatic amines is 1. The minimum absolute atomic E-state index is 0.134. The molecule has 0 saturated heterocycles. The van der Waals surface area contributed by atoms with Crippen LogP contribution in [0, 0.1) is 0 Å². The number of hydrogen-bond donors (Lipinski definition) is 1. The number of benzene rings is 1. The first-order valence-corrected chi connectivity index (χ1v) is 6.62. The summed E-state index contributed by atoms with van der Waals surface area (Å²) in [6.07, 6.45) is 3.89. The van der Waals surface area contributed by atoms with Crippen LogP contribution in [0.5, 0.6) is 0 Å². The number of hydrogen-bond acceptors (Lipinski definition) is 1. The molecule has 0 radical (unpaired) electrons. The van der Waals surface area contributed by atoms with Gasteiger partial charge in [0.1, 0.15) is 0 Å². The second kappa shape index (κ2) is 5.71. The fourth-order valence-corrected chi connectivity index (χ4v) is 2.22. The van der Waals surface area contributed by atoms with Gasteiger partial charge < -0.3 is 9.88 Å². The molecule has 1 aromatic heterocycles. The van der Waals surface area contributed by atoms with Crippen molar-refractivity contribution in [2.75, 3.05) is 13.1 Å². The average Bonchev–Trinajstić information content (AvgIpc) is 2.84. The van der Waals surface area contributed by atoms with Gasteiger partial charge in [0.25, 0.3) is 5.91 Å². The van der Waals surface area contributed by atoms with Crippen LogP contribution in [0.4, 0.5) is 0 Å². The number of nitrogens with one attached hydrogen (secondary N) is 1. The van der Waals surface area contributed by atoms with Crippen molar-refractivity contribution in [2.45, 2.75) is 26.7 Å². The van der Waals surface area contributed by atoms with E-state index in [1.54, 1.807) is 0 Å². The summed E-state index contributed by atoms with van der Waals surface area (Å²) in [5.74, 6) is 0.134. The number of fused-ring (bicyclic) bond motifs is 1. The molecule has 1 N–H and O–H groups in total. The lowest BCUT2D eigenvalue weighted by Gasteiger charge is -2.21. The molecule has 0 spiro atoms. The molecule has 0 aliphatic heterocycles. The maximum atomic E-state index is 12.4. The highest BCUT2D eigenvalue weighted by Crippen LogP contribution is 2.16. The van der Waals surface area contributed by atoms with Crippen LogP contribution in [0.15, 0.2) is 30.5 Å². The molecule has 0 saturated carbocycles. The summed E-state index contributed by atoms with van der Waals surface area (Å²) < 4.78 is 0. The Bertz CT molecular complexity index is 524. The molecule has 18 heavy (non-hydrogen) atoms. The van der Waals surface area contributed by atoms with E-state index in [4.69, 9.17) is 0 Å². The first kappa shape index (κ1) is 12.7. The summed E-state index contributed by atoms with van der Waals surface area (Å²) in [5, 5.41) is 1.14. The molecule has 3 heteroatoms. The van der Waals surface area contributed by atoms with Crippen LogP contribution in [-0.4, -0.2) is 28.9 Å². The molecule has 0 aliphatic rings. The summed E-state index contributed by atoms with van der Waals surface area (Å²) in [6, 6.07) is 7.86. The van der Waals surface area contributed by atoms with Crippen molar-refractivity contribution >= 4 is 16.8 Å². The van der Waals surface area contributed by atoms with Gasteiger partial charge in [-0.1, -0.05) is 19.9 Å². The van der Waals surface area contributed by atoms with Crippen LogP contribution >= 0.6 is 0 Å². The molecule has 1 aromatic carbocycles. The molecule has 0 aliphatic carbocycles. The minimum Gasteiger partial charge on any atom is -0.361 e. The van der Waals surface area contributed by atoms with Crippen LogP contribution in [-0.2, 0) is 0 Å². The van der Waals surface area contributed by atoms with E-state index >= 15 is 0 Å². The average molecular weight is 244 g/mol. The van der Waals surface area contributed by atoms with Crippen LogP contribution in [0.3, 0.4) is 0 Å². The lowest BCUT2D eigenvalue weighted by atomic mass is 10.1. The Labute approximate surface area is 108 Å². The number of aromatic nitrogens is 1. The molecule has 1 heterocycles. The van der Waals surface area contributed by atoms with Crippen molar-refractivity contribution in [2.24, 2.45) is 0 Å². The minimum atomic E-state index is 0.134. The van der Waals surface area contributed by atoms with Gasteiger partial charge in [0.15, 0.2) is 0 Å². The van der Waals surface area contributed by atoms with Gasteiger partial charge in [0, 0.05) is 30.4 Å². The molecular weight excluding hydrogens is 224 g/mol. The van der Waals surface area contributed by atoms with Crippen LogP contribution in [0.25, 0.3) is 10.9 Å². The molecule has 0 fully saturated rings. The number of rotatable bonds is 5. The summed E-state index contributed by atoms with van der Waals surface area (Å²) in [4.78, 5) is 17.5. The van der Waals surface area contributed by atoms with Gasteiger partial charge >= 0.3 is 0 Å². The standard InChI is InChI=1S/C15H20N2O/c1-3-9-17(10-4-2)15(18)13-6-5-12-7-8-16-14(12)11-13/h5-8,11,16H,3-4,9-10H2,1-2H3. The highest BCUT2D eigenvalue weighted by molar-refractivity contribution is 5.97. The monoisotopic (exact) mass is 244 g/mol. The predicted molar refractivity (Wildman–Crippen MR) is 74.8 cm³/mol. The van der Waals surface area contributed by atoms with Crippen molar-refractivity contribution in [1.82, 2.24) is 9.88 Å². The zero-order chi connectivity index (χ0) is 13.0. The first-order valence-electron chi connectivity index (χ1n) is 6.62. The molecule has 3 nitrogen and oxygen atoms in total. The second-order valence-electron chi connectivity index (χ2n) is 4.57. The van der Waals surface area contributed by atoms with E-state index in [0.717, 1.165) is 42.4 Å². The molecule has 0 atom stereocenters. The lowest BCUT2D eigenvalue weighted by Crippen LogP contribution is -2.32. The molecule has 1 amide bonds. The largest absolute Gasteiger partial charge is 0.361 e. The molecule has 96 valence electrons. The van der Waals surface area contributed by atoms with Gasteiger partial charge in [-0.2, -0.15) is 0 Å². The smallest absolute Gasteiger partial charge is 0.253 e. The third-order valence-electron chi connectivity index (χ3n) is 3.08. The van der Waals surface area contributed by atoms with Crippen LogP contribution in [0.2, 0.25) is 0 Å². The first-order chi connectivity index (χ1) is 8.76. The Hall–Kier alpha value is -1.77. The van der Waals surface area contributed by atoms with Gasteiger partial charge in [0.2, 0.25) is 0 Å². The van der Waals surface area contributed by atoms with Gasteiger partial charge in [0.05, 0.1) is 0 Å². The van der Waals surface area contributed by atoms with Crippen molar-refractivity contribution < 1.29 is 4.79 Å². The van der Waals surface area contributed by atoms with Crippen molar-refractivity contribution in [1.29, 1.82) is 0 Å². The summed E-state index contributed by atoms with van der Waals surface area (Å²) >= 11 is 0. The zero-order valence-corrected chi connectivity index (χ0v) is 11.1. The molecule has 0 unspecified atom stereocenters.